The second-order valence-corrected chi connectivity index (χ2v) is 9.41. The molecule has 0 aliphatic rings. The number of carbonyl (C=O) groups is 1. The summed E-state index contributed by atoms with van der Waals surface area (Å²) in [5.41, 5.74) is 1.28. The van der Waals surface area contributed by atoms with Gasteiger partial charge in [0.15, 0.2) is 0 Å². The van der Waals surface area contributed by atoms with Crippen LogP contribution in [0.4, 0.5) is 5.69 Å². The molecule has 0 aliphatic carbocycles. The summed E-state index contributed by atoms with van der Waals surface area (Å²) >= 11 is 6.15. The molecule has 1 amide bonds. The first-order valence-electron chi connectivity index (χ1n) is 10.2. The maximum atomic E-state index is 13.4. The van der Waals surface area contributed by atoms with Crippen LogP contribution in [0.25, 0.3) is 0 Å². The highest BCUT2D eigenvalue weighted by atomic mass is 35.5. The molecule has 7 nitrogen and oxygen atoms in total. The van der Waals surface area contributed by atoms with Gasteiger partial charge in [0.1, 0.15) is 11.5 Å². The highest BCUT2D eigenvalue weighted by Crippen LogP contribution is 2.29. The van der Waals surface area contributed by atoms with Gasteiger partial charge in [-0.2, -0.15) is 4.31 Å². The Morgan fingerprint density at radius 2 is 1.73 bits per heavy atom. The minimum absolute atomic E-state index is 0.0174. The summed E-state index contributed by atoms with van der Waals surface area (Å²) in [6, 6.07) is 20.1. The number of halogens is 1. The van der Waals surface area contributed by atoms with Crippen LogP contribution in [0, 0.1) is 0 Å². The molecule has 1 N–H and O–H groups in total. The van der Waals surface area contributed by atoms with Gasteiger partial charge in [0.25, 0.3) is 0 Å². The maximum Gasteiger partial charge on any atom is 0.243 e. The molecule has 0 saturated carbocycles. The highest BCUT2D eigenvalue weighted by Gasteiger charge is 2.28. The Labute approximate surface area is 198 Å². The molecule has 0 spiro atoms. The molecule has 0 aliphatic heterocycles. The van der Waals surface area contributed by atoms with Gasteiger partial charge in [-0.15, -0.1) is 0 Å². The standard InChI is InChI=1S/C24H25ClN2O5S/c1-3-32-20-11-9-19(10-12-20)26-24(28)17-27(16-18-7-5-4-6-8-18)33(29,30)21-13-14-23(31-2)22(25)15-21/h4-15H,3,16-17H2,1-2H3,(H,26,28). The van der Waals surface area contributed by atoms with Gasteiger partial charge in [0, 0.05) is 12.2 Å². The number of sulfonamides is 1. The summed E-state index contributed by atoms with van der Waals surface area (Å²) in [7, 11) is -2.59. The van der Waals surface area contributed by atoms with E-state index in [2.05, 4.69) is 5.32 Å². The van der Waals surface area contributed by atoms with Gasteiger partial charge in [0.05, 0.1) is 30.2 Å². The number of hydrogen-bond donors (Lipinski definition) is 1. The van der Waals surface area contributed by atoms with E-state index in [1.165, 1.54) is 25.3 Å². The molecule has 174 valence electrons. The van der Waals surface area contributed by atoms with Gasteiger partial charge in [-0.1, -0.05) is 41.9 Å². The van der Waals surface area contributed by atoms with E-state index in [0.29, 0.717) is 23.8 Å². The number of amides is 1. The van der Waals surface area contributed by atoms with Crippen LogP contribution in [0.1, 0.15) is 12.5 Å². The fourth-order valence-electron chi connectivity index (χ4n) is 3.13. The summed E-state index contributed by atoms with van der Waals surface area (Å²) in [5, 5.41) is 2.90. The predicted octanol–water partition coefficient (Wildman–Crippen LogP) is 4.58. The molecule has 0 bridgehead atoms. The molecule has 0 aromatic heterocycles. The fourth-order valence-corrected chi connectivity index (χ4v) is 4.86. The molecule has 0 fully saturated rings. The summed E-state index contributed by atoms with van der Waals surface area (Å²) < 4.78 is 38.5. The van der Waals surface area contributed by atoms with E-state index >= 15 is 0 Å². The average molecular weight is 489 g/mol. The Morgan fingerprint density at radius 3 is 2.33 bits per heavy atom. The molecule has 3 aromatic carbocycles. The van der Waals surface area contributed by atoms with Crippen molar-refractivity contribution in [2.24, 2.45) is 0 Å². The lowest BCUT2D eigenvalue weighted by atomic mass is 10.2. The summed E-state index contributed by atoms with van der Waals surface area (Å²) in [6.45, 7) is 2.05. The van der Waals surface area contributed by atoms with E-state index in [4.69, 9.17) is 21.1 Å². The number of anilines is 1. The topological polar surface area (TPSA) is 84.9 Å². The smallest absolute Gasteiger partial charge is 0.243 e. The van der Waals surface area contributed by atoms with E-state index in [0.717, 1.165) is 9.87 Å². The first kappa shape index (κ1) is 24.6. The minimum atomic E-state index is -4.04. The van der Waals surface area contributed by atoms with Crippen molar-refractivity contribution >= 4 is 33.2 Å². The molecule has 0 atom stereocenters. The number of rotatable bonds is 10. The van der Waals surface area contributed by atoms with Crippen LogP contribution in [0.15, 0.2) is 77.7 Å². The van der Waals surface area contributed by atoms with Crippen molar-refractivity contribution < 1.29 is 22.7 Å². The summed E-state index contributed by atoms with van der Waals surface area (Å²) in [5.74, 6) is 0.567. The molecule has 33 heavy (non-hydrogen) atoms. The Morgan fingerprint density at radius 1 is 1.03 bits per heavy atom. The number of hydrogen-bond acceptors (Lipinski definition) is 5. The van der Waals surface area contributed by atoms with Crippen molar-refractivity contribution in [1.82, 2.24) is 4.31 Å². The largest absolute Gasteiger partial charge is 0.495 e. The van der Waals surface area contributed by atoms with Crippen molar-refractivity contribution in [3.05, 3.63) is 83.4 Å². The summed E-state index contributed by atoms with van der Waals surface area (Å²) in [6.07, 6.45) is 0. The van der Waals surface area contributed by atoms with Gasteiger partial charge in [-0.25, -0.2) is 8.42 Å². The third-order valence-electron chi connectivity index (χ3n) is 4.73. The lowest BCUT2D eigenvalue weighted by molar-refractivity contribution is -0.116. The second kappa shape index (κ2) is 11.2. The van der Waals surface area contributed by atoms with Crippen LogP contribution >= 0.6 is 11.6 Å². The SMILES string of the molecule is CCOc1ccc(NC(=O)CN(Cc2ccccc2)S(=O)(=O)c2ccc(OC)c(Cl)c2)cc1. The molecule has 0 heterocycles. The van der Waals surface area contributed by atoms with E-state index in [1.54, 1.807) is 36.4 Å². The van der Waals surface area contributed by atoms with Gasteiger partial charge in [-0.05, 0) is 55.0 Å². The zero-order valence-corrected chi connectivity index (χ0v) is 19.9. The molecule has 3 aromatic rings. The quantitative estimate of drug-likeness (QED) is 0.451. The highest BCUT2D eigenvalue weighted by molar-refractivity contribution is 7.89. The number of nitrogens with zero attached hydrogens (tertiary/aromatic N) is 1. The third-order valence-corrected chi connectivity index (χ3v) is 6.81. The predicted molar refractivity (Wildman–Crippen MR) is 128 cm³/mol. The Hall–Kier alpha value is -3.07. The van der Waals surface area contributed by atoms with Gasteiger partial charge in [0.2, 0.25) is 15.9 Å². The van der Waals surface area contributed by atoms with Crippen molar-refractivity contribution in [3.63, 3.8) is 0 Å². The molecule has 0 unspecified atom stereocenters. The molecule has 3 rings (SSSR count). The zero-order valence-electron chi connectivity index (χ0n) is 18.3. The van der Waals surface area contributed by atoms with E-state index in [-0.39, 0.29) is 23.0 Å². The number of carbonyl (C=O) groups excluding carboxylic acids is 1. The van der Waals surface area contributed by atoms with Gasteiger partial charge < -0.3 is 14.8 Å². The van der Waals surface area contributed by atoms with Crippen molar-refractivity contribution in [1.29, 1.82) is 0 Å². The number of nitrogens with one attached hydrogen (secondary N) is 1. The summed E-state index contributed by atoms with van der Waals surface area (Å²) in [4.78, 5) is 12.7. The first-order valence-corrected chi connectivity index (χ1v) is 12.1. The Bertz CT molecular complexity index is 1190. The molecule has 0 radical (unpaired) electrons. The maximum absolute atomic E-state index is 13.4. The number of methoxy groups -OCH3 is 1. The number of benzene rings is 3. The Kier molecular flexibility index (Phi) is 8.32. The van der Waals surface area contributed by atoms with E-state index in [1.807, 2.05) is 25.1 Å². The lowest BCUT2D eigenvalue weighted by Crippen LogP contribution is -2.37. The average Bonchev–Trinajstić information content (AvgIpc) is 2.80. The van der Waals surface area contributed by atoms with E-state index in [9.17, 15) is 13.2 Å². The third kappa shape index (κ3) is 6.47. The molecule has 9 heteroatoms. The second-order valence-electron chi connectivity index (χ2n) is 7.06. The normalized spacial score (nSPS) is 11.3. The van der Waals surface area contributed by atoms with Crippen molar-refractivity contribution in [3.8, 4) is 11.5 Å². The van der Waals surface area contributed by atoms with Crippen LogP contribution in [0.5, 0.6) is 11.5 Å². The van der Waals surface area contributed by atoms with Crippen molar-refractivity contribution in [2.45, 2.75) is 18.4 Å². The monoisotopic (exact) mass is 488 g/mol. The van der Waals surface area contributed by atoms with Crippen LogP contribution in [0.3, 0.4) is 0 Å². The van der Waals surface area contributed by atoms with Crippen molar-refractivity contribution in [2.75, 3.05) is 25.6 Å². The fraction of sp³-hybridized carbons (Fsp3) is 0.208. The van der Waals surface area contributed by atoms with Gasteiger partial charge >= 0.3 is 0 Å². The molecular weight excluding hydrogens is 464 g/mol. The number of ether oxygens (including phenoxy) is 2. The van der Waals surface area contributed by atoms with Crippen LogP contribution < -0.4 is 14.8 Å². The zero-order chi connectivity index (χ0) is 23.8. The van der Waals surface area contributed by atoms with Crippen LogP contribution in [0.2, 0.25) is 5.02 Å². The van der Waals surface area contributed by atoms with E-state index < -0.39 is 15.9 Å². The minimum Gasteiger partial charge on any atom is -0.495 e. The van der Waals surface area contributed by atoms with Gasteiger partial charge in [-0.3, -0.25) is 4.79 Å². The lowest BCUT2D eigenvalue weighted by Gasteiger charge is -2.22. The molecule has 0 saturated heterocycles. The van der Waals surface area contributed by atoms with Crippen LogP contribution in [-0.2, 0) is 21.4 Å². The molecular formula is C24H25ClN2O5S. The first-order chi connectivity index (χ1) is 15.8. The van der Waals surface area contributed by atoms with Crippen LogP contribution in [-0.4, -0.2) is 38.9 Å². The Balaban J connectivity index is 1.84.